The zero-order valence-corrected chi connectivity index (χ0v) is 5.90. The van der Waals surface area contributed by atoms with Crippen LogP contribution in [0.15, 0.2) is 12.2 Å². The second-order valence-corrected chi connectivity index (χ2v) is 2.56. The van der Waals surface area contributed by atoms with E-state index in [4.69, 9.17) is 0 Å². The molecule has 50 valence electrons. The van der Waals surface area contributed by atoms with Crippen molar-refractivity contribution in [2.75, 3.05) is 0 Å². The molecular weight excluding hydrogens is 108 g/mol. The van der Waals surface area contributed by atoms with Crippen LogP contribution in [0.3, 0.4) is 0 Å². The van der Waals surface area contributed by atoms with Crippen LogP contribution in [0.5, 0.6) is 0 Å². The van der Waals surface area contributed by atoms with Crippen LogP contribution in [0.1, 0.15) is 38.5 Å². The van der Waals surface area contributed by atoms with Crippen molar-refractivity contribution in [3.63, 3.8) is 0 Å². The molecule has 1 aliphatic rings. The molecule has 0 aromatic heterocycles. The second-order valence-electron chi connectivity index (χ2n) is 2.56. The van der Waals surface area contributed by atoms with Gasteiger partial charge in [0.25, 0.3) is 0 Å². The average Bonchev–Trinajstić information content (AvgIpc) is 2.00. The fraction of sp³-hybridized carbons (Fsp3) is 0.667. The molecule has 0 bridgehead atoms. The first kappa shape index (κ1) is 6.85. The van der Waals surface area contributed by atoms with Crippen LogP contribution in [-0.2, 0) is 0 Å². The van der Waals surface area contributed by atoms with E-state index in [0.717, 1.165) is 6.42 Å². The summed E-state index contributed by atoms with van der Waals surface area (Å²) in [4.78, 5) is 0. The van der Waals surface area contributed by atoms with E-state index in [0.29, 0.717) is 0 Å². The number of rotatable bonds is 0. The van der Waals surface area contributed by atoms with Gasteiger partial charge in [-0.2, -0.15) is 0 Å². The molecular formula is C9H14. The van der Waals surface area contributed by atoms with Gasteiger partial charge in [-0.3, -0.25) is 0 Å². The van der Waals surface area contributed by atoms with Gasteiger partial charge in [-0.25, -0.2) is 0 Å². The van der Waals surface area contributed by atoms with Crippen molar-refractivity contribution in [1.82, 2.24) is 0 Å². The molecule has 0 N–H and O–H groups in total. The molecule has 9 heavy (non-hydrogen) atoms. The van der Waals surface area contributed by atoms with Gasteiger partial charge in [0, 0.05) is 6.42 Å². The summed E-state index contributed by atoms with van der Waals surface area (Å²) in [5.74, 6) is 0. The fourth-order valence-corrected chi connectivity index (χ4v) is 1.09. The molecule has 0 fully saturated rings. The fourth-order valence-electron chi connectivity index (χ4n) is 1.09. The Labute approximate surface area is 58.0 Å². The Bertz CT molecular complexity index is 72.0. The summed E-state index contributed by atoms with van der Waals surface area (Å²) in [6, 6.07) is 0. The molecule has 0 saturated carbocycles. The van der Waals surface area contributed by atoms with E-state index in [1.54, 1.807) is 0 Å². The van der Waals surface area contributed by atoms with Gasteiger partial charge in [-0.15, -0.1) is 0 Å². The van der Waals surface area contributed by atoms with Gasteiger partial charge in [0.15, 0.2) is 0 Å². The predicted octanol–water partition coefficient (Wildman–Crippen LogP) is 2.98. The number of hydrogen-bond donors (Lipinski definition) is 0. The summed E-state index contributed by atoms with van der Waals surface area (Å²) < 4.78 is 0. The lowest BCUT2D eigenvalue weighted by molar-refractivity contribution is 0.653. The molecule has 0 spiro atoms. The molecule has 0 atom stereocenters. The summed E-state index contributed by atoms with van der Waals surface area (Å²) >= 11 is 0. The van der Waals surface area contributed by atoms with Crippen LogP contribution < -0.4 is 0 Å². The number of hydrogen-bond acceptors (Lipinski definition) is 0. The van der Waals surface area contributed by atoms with Crippen molar-refractivity contribution in [1.29, 1.82) is 0 Å². The van der Waals surface area contributed by atoms with Gasteiger partial charge in [0.2, 0.25) is 0 Å². The lowest BCUT2D eigenvalue weighted by atomic mass is 10.1. The molecule has 0 aliphatic heterocycles. The highest BCUT2D eigenvalue weighted by Crippen LogP contribution is 2.10. The molecule has 0 heterocycles. The molecule has 0 aromatic rings. The molecule has 1 rings (SSSR count). The zero-order chi connectivity index (χ0) is 6.36. The monoisotopic (exact) mass is 122 g/mol. The Morgan fingerprint density at radius 2 is 1.89 bits per heavy atom. The summed E-state index contributed by atoms with van der Waals surface area (Å²) in [5.41, 5.74) is 0. The van der Waals surface area contributed by atoms with Gasteiger partial charge in [-0.05, 0) is 19.3 Å². The SMILES string of the molecule is [C]1/C=C/CCCCCC1. The molecule has 1 aliphatic carbocycles. The molecule has 0 nitrogen and oxygen atoms in total. The molecule has 0 saturated heterocycles. The second kappa shape index (κ2) is 4.60. The largest absolute Gasteiger partial charge is 0.0879 e. The standard InChI is InChI=1S/C9H14/c1-2-4-6-8-9-7-5-3-1/h1-2H,3,5-9H2/b2-1+. The quantitative estimate of drug-likeness (QED) is 0.463. The van der Waals surface area contributed by atoms with E-state index in [9.17, 15) is 0 Å². The topological polar surface area (TPSA) is 0 Å². The highest BCUT2D eigenvalue weighted by molar-refractivity contribution is 4.94. The summed E-state index contributed by atoms with van der Waals surface area (Å²) in [6.07, 6.45) is 15.5. The first-order valence-corrected chi connectivity index (χ1v) is 3.88. The third-order valence-electron chi connectivity index (χ3n) is 1.68. The molecule has 0 aromatic carbocycles. The molecule has 0 amide bonds. The Morgan fingerprint density at radius 3 is 2.89 bits per heavy atom. The van der Waals surface area contributed by atoms with Gasteiger partial charge >= 0.3 is 0 Å². The van der Waals surface area contributed by atoms with E-state index in [1.165, 1.54) is 32.1 Å². The smallest absolute Gasteiger partial charge is 0.00808 e. The Kier molecular flexibility index (Phi) is 3.51. The normalized spacial score (nSPS) is 25.8. The van der Waals surface area contributed by atoms with Crippen molar-refractivity contribution in [3.05, 3.63) is 18.6 Å². The maximum absolute atomic E-state index is 3.25. The van der Waals surface area contributed by atoms with Crippen LogP contribution >= 0.6 is 0 Å². The van der Waals surface area contributed by atoms with Crippen molar-refractivity contribution in [2.45, 2.75) is 38.5 Å². The van der Waals surface area contributed by atoms with E-state index in [-0.39, 0.29) is 0 Å². The first-order chi connectivity index (χ1) is 4.50. The average molecular weight is 122 g/mol. The van der Waals surface area contributed by atoms with Crippen LogP contribution in [-0.4, -0.2) is 0 Å². The minimum Gasteiger partial charge on any atom is -0.0879 e. The van der Waals surface area contributed by atoms with E-state index in [2.05, 4.69) is 18.6 Å². The van der Waals surface area contributed by atoms with Gasteiger partial charge in [0.05, 0.1) is 0 Å². The third-order valence-corrected chi connectivity index (χ3v) is 1.68. The van der Waals surface area contributed by atoms with Crippen molar-refractivity contribution in [2.24, 2.45) is 0 Å². The predicted molar refractivity (Wildman–Crippen MR) is 40.1 cm³/mol. The van der Waals surface area contributed by atoms with Crippen LogP contribution in [0, 0.1) is 6.42 Å². The van der Waals surface area contributed by atoms with Crippen molar-refractivity contribution >= 4 is 0 Å². The highest BCUT2D eigenvalue weighted by atomic mass is 14.0. The molecule has 0 heteroatoms. The summed E-state index contributed by atoms with van der Waals surface area (Å²) in [6.45, 7) is 0. The van der Waals surface area contributed by atoms with Crippen molar-refractivity contribution in [3.8, 4) is 0 Å². The van der Waals surface area contributed by atoms with Gasteiger partial charge < -0.3 is 0 Å². The van der Waals surface area contributed by atoms with E-state index < -0.39 is 0 Å². The summed E-state index contributed by atoms with van der Waals surface area (Å²) in [5, 5.41) is 0. The van der Waals surface area contributed by atoms with Crippen LogP contribution in [0.4, 0.5) is 0 Å². The van der Waals surface area contributed by atoms with Gasteiger partial charge in [0.1, 0.15) is 0 Å². The third kappa shape index (κ3) is 3.34. The Balaban J connectivity index is 2.15. The Hall–Kier alpha value is -0.260. The highest BCUT2D eigenvalue weighted by Gasteiger charge is 1.91. The number of allylic oxidation sites excluding steroid dienone is 2. The maximum atomic E-state index is 3.25. The van der Waals surface area contributed by atoms with Crippen molar-refractivity contribution < 1.29 is 0 Å². The minimum atomic E-state index is 1.16. The maximum Gasteiger partial charge on any atom is 0.00808 e. The lowest BCUT2D eigenvalue weighted by Gasteiger charge is -1.93. The Morgan fingerprint density at radius 1 is 1.00 bits per heavy atom. The minimum absolute atomic E-state index is 1.16. The molecule has 2 radical (unpaired) electrons. The first-order valence-electron chi connectivity index (χ1n) is 3.88. The van der Waals surface area contributed by atoms with Crippen LogP contribution in [0.2, 0.25) is 0 Å². The van der Waals surface area contributed by atoms with E-state index in [1.807, 2.05) is 0 Å². The van der Waals surface area contributed by atoms with E-state index >= 15 is 0 Å². The lowest BCUT2D eigenvalue weighted by Crippen LogP contribution is -1.74. The zero-order valence-electron chi connectivity index (χ0n) is 5.90. The molecule has 0 unspecified atom stereocenters. The summed E-state index contributed by atoms with van der Waals surface area (Å²) in [7, 11) is 0. The van der Waals surface area contributed by atoms with Gasteiger partial charge in [-0.1, -0.05) is 31.4 Å². The van der Waals surface area contributed by atoms with Crippen LogP contribution in [0.25, 0.3) is 0 Å².